The molecule has 2 N–H and O–H groups in total. The number of rotatable bonds is 3. The maximum atomic E-state index is 6.07. The molecule has 20 heavy (non-hydrogen) atoms. The molecule has 2 aliphatic rings. The second kappa shape index (κ2) is 6.10. The topological polar surface area (TPSA) is 45.4 Å². The molecule has 0 aromatic carbocycles. The van der Waals surface area contributed by atoms with Gasteiger partial charge in [-0.25, -0.2) is 0 Å². The van der Waals surface area contributed by atoms with Gasteiger partial charge in [-0.3, -0.25) is 14.8 Å². The summed E-state index contributed by atoms with van der Waals surface area (Å²) in [5.74, 6) is 0. The first kappa shape index (κ1) is 14.4. The van der Waals surface area contributed by atoms with Crippen LogP contribution in [0.1, 0.15) is 30.9 Å². The van der Waals surface area contributed by atoms with E-state index in [1.165, 1.54) is 24.8 Å². The summed E-state index contributed by atoms with van der Waals surface area (Å²) in [7, 11) is 2.28. The molecule has 0 amide bonds. The second-order valence-electron chi connectivity index (χ2n) is 6.02. The van der Waals surface area contributed by atoms with Gasteiger partial charge in [0, 0.05) is 54.6 Å². The van der Waals surface area contributed by atoms with Gasteiger partial charge in [0.2, 0.25) is 0 Å². The number of likely N-dealkylation sites (tertiary alicyclic amines) is 1. The summed E-state index contributed by atoms with van der Waals surface area (Å²) in [4.78, 5) is 9.43. The third-order valence-corrected chi connectivity index (χ3v) is 5.39. The van der Waals surface area contributed by atoms with Crippen molar-refractivity contribution in [1.29, 1.82) is 0 Å². The Labute approximate surface area is 129 Å². The summed E-state index contributed by atoms with van der Waals surface area (Å²) in [5.41, 5.74) is 7.30. The molecule has 3 rings (SSSR count). The highest BCUT2D eigenvalue weighted by Gasteiger charge is 2.36. The Morgan fingerprint density at radius 3 is 2.90 bits per heavy atom. The molecule has 2 fully saturated rings. The lowest BCUT2D eigenvalue weighted by atomic mass is 10.0. The number of halogens is 1. The van der Waals surface area contributed by atoms with Crippen molar-refractivity contribution in [2.45, 2.75) is 37.4 Å². The first-order valence-electron chi connectivity index (χ1n) is 7.45. The van der Waals surface area contributed by atoms with E-state index >= 15 is 0 Å². The molecule has 2 aliphatic heterocycles. The van der Waals surface area contributed by atoms with E-state index in [0.717, 1.165) is 23.6 Å². The van der Waals surface area contributed by atoms with E-state index in [9.17, 15) is 0 Å². The van der Waals surface area contributed by atoms with Crippen LogP contribution in [-0.4, -0.2) is 53.5 Å². The molecule has 3 atom stereocenters. The Kier molecular flexibility index (Phi) is 4.40. The summed E-state index contributed by atoms with van der Waals surface area (Å²) in [6.07, 6.45) is 7.72. The number of likely N-dealkylation sites (N-methyl/N-ethyl adjacent to an activating group) is 1. The average Bonchev–Trinajstić information content (AvgIpc) is 2.67. The van der Waals surface area contributed by atoms with Crippen LogP contribution in [0.2, 0.25) is 0 Å². The number of hydrogen-bond acceptors (Lipinski definition) is 4. The van der Waals surface area contributed by atoms with Crippen molar-refractivity contribution >= 4 is 15.9 Å². The molecule has 5 heteroatoms. The number of aromatic nitrogens is 1. The van der Waals surface area contributed by atoms with E-state index < -0.39 is 0 Å². The number of hydrogen-bond donors (Lipinski definition) is 1. The number of pyridine rings is 1. The first-order chi connectivity index (χ1) is 9.69. The summed E-state index contributed by atoms with van der Waals surface area (Å²) in [6, 6.07) is 3.89. The van der Waals surface area contributed by atoms with Gasteiger partial charge in [0.25, 0.3) is 0 Å². The lowest BCUT2D eigenvalue weighted by Crippen LogP contribution is -2.40. The second-order valence-corrected chi connectivity index (χ2v) is 6.94. The molecule has 110 valence electrons. The molecule has 2 bridgehead atoms. The predicted molar refractivity (Wildman–Crippen MR) is 84.5 cm³/mol. The van der Waals surface area contributed by atoms with E-state index in [2.05, 4.69) is 43.8 Å². The van der Waals surface area contributed by atoms with E-state index in [1.54, 1.807) is 0 Å². The van der Waals surface area contributed by atoms with Crippen LogP contribution in [-0.2, 0) is 0 Å². The maximum Gasteiger partial charge on any atom is 0.0486 e. The van der Waals surface area contributed by atoms with Crippen molar-refractivity contribution in [2.75, 3.05) is 26.7 Å². The van der Waals surface area contributed by atoms with Crippen molar-refractivity contribution in [3.63, 3.8) is 0 Å². The van der Waals surface area contributed by atoms with Crippen LogP contribution in [0.5, 0.6) is 0 Å². The van der Waals surface area contributed by atoms with Crippen molar-refractivity contribution in [1.82, 2.24) is 14.8 Å². The highest BCUT2D eigenvalue weighted by atomic mass is 79.9. The molecular weight excluding hydrogens is 316 g/mol. The number of nitrogens with zero attached hydrogens (tertiary/aromatic N) is 3. The Balaban J connectivity index is 1.79. The zero-order valence-electron chi connectivity index (χ0n) is 12.0. The van der Waals surface area contributed by atoms with Gasteiger partial charge in [0.1, 0.15) is 0 Å². The van der Waals surface area contributed by atoms with Gasteiger partial charge in [-0.05, 0) is 53.9 Å². The Morgan fingerprint density at radius 1 is 1.35 bits per heavy atom. The molecule has 4 nitrogen and oxygen atoms in total. The van der Waals surface area contributed by atoms with Crippen LogP contribution in [0, 0.1) is 0 Å². The predicted octanol–water partition coefficient (Wildman–Crippen LogP) is 2.01. The highest BCUT2D eigenvalue weighted by Crippen LogP contribution is 2.32. The molecule has 0 spiro atoms. The fraction of sp³-hybridized carbons (Fsp3) is 0.667. The fourth-order valence-corrected chi connectivity index (χ4v) is 4.11. The Morgan fingerprint density at radius 2 is 2.15 bits per heavy atom. The standard InChI is InChI=1S/C15H23BrN4/c1-19-13-2-3-14(19)10-20(5-4-13)15(7-17)11-6-12(16)9-18-8-11/h6,8-9,13-15H,2-5,7,10,17H2,1H3. The van der Waals surface area contributed by atoms with Gasteiger partial charge in [-0.15, -0.1) is 0 Å². The van der Waals surface area contributed by atoms with Crippen LogP contribution >= 0.6 is 15.9 Å². The van der Waals surface area contributed by atoms with Gasteiger partial charge in [-0.2, -0.15) is 0 Å². The van der Waals surface area contributed by atoms with Crippen LogP contribution in [0.25, 0.3) is 0 Å². The quantitative estimate of drug-likeness (QED) is 0.915. The zero-order valence-corrected chi connectivity index (χ0v) is 13.6. The van der Waals surface area contributed by atoms with Crippen LogP contribution < -0.4 is 5.73 Å². The summed E-state index contributed by atoms with van der Waals surface area (Å²) < 4.78 is 1.03. The number of nitrogens with two attached hydrogens (primary N) is 1. The summed E-state index contributed by atoms with van der Waals surface area (Å²) in [5, 5.41) is 0. The third-order valence-electron chi connectivity index (χ3n) is 4.95. The lowest BCUT2D eigenvalue weighted by molar-refractivity contribution is 0.175. The minimum absolute atomic E-state index is 0.285. The van der Waals surface area contributed by atoms with E-state index in [1.807, 2.05) is 12.4 Å². The van der Waals surface area contributed by atoms with Crippen molar-refractivity contribution in [3.8, 4) is 0 Å². The lowest BCUT2D eigenvalue weighted by Gasteiger charge is -2.32. The average molecular weight is 339 g/mol. The van der Waals surface area contributed by atoms with E-state index in [-0.39, 0.29) is 6.04 Å². The SMILES string of the molecule is CN1C2CCC1CN(C(CN)c1cncc(Br)c1)CC2. The first-order valence-corrected chi connectivity index (χ1v) is 8.25. The Hall–Kier alpha value is -0.490. The summed E-state index contributed by atoms with van der Waals surface area (Å²) in [6.45, 7) is 2.92. The zero-order chi connectivity index (χ0) is 14.1. The van der Waals surface area contributed by atoms with Crippen molar-refractivity contribution in [3.05, 3.63) is 28.5 Å². The Bertz CT molecular complexity index is 467. The third kappa shape index (κ3) is 2.77. The van der Waals surface area contributed by atoms with E-state index in [0.29, 0.717) is 12.6 Å². The summed E-state index contributed by atoms with van der Waals surface area (Å²) >= 11 is 3.51. The molecular formula is C15H23BrN4. The smallest absolute Gasteiger partial charge is 0.0486 e. The van der Waals surface area contributed by atoms with Gasteiger partial charge in [-0.1, -0.05) is 0 Å². The maximum absolute atomic E-state index is 6.07. The number of fused-ring (bicyclic) bond motifs is 2. The molecule has 2 saturated heterocycles. The molecule has 3 unspecified atom stereocenters. The van der Waals surface area contributed by atoms with Gasteiger partial charge in [0.05, 0.1) is 0 Å². The van der Waals surface area contributed by atoms with Crippen LogP contribution in [0.15, 0.2) is 22.9 Å². The van der Waals surface area contributed by atoms with Gasteiger partial charge < -0.3 is 5.73 Å². The fourth-order valence-electron chi connectivity index (χ4n) is 3.72. The normalized spacial score (nSPS) is 29.4. The van der Waals surface area contributed by atoms with Gasteiger partial charge in [0.15, 0.2) is 0 Å². The van der Waals surface area contributed by atoms with Gasteiger partial charge >= 0.3 is 0 Å². The molecule has 1 aromatic rings. The van der Waals surface area contributed by atoms with Crippen LogP contribution in [0.3, 0.4) is 0 Å². The molecule has 3 heterocycles. The van der Waals surface area contributed by atoms with Crippen LogP contribution in [0.4, 0.5) is 0 Å². The van der Waals surface area contributed by atoms with Crippen molar-refractivity contribution in [2.24, 2.45) is 5.73 Å². The molecule has 0 aliphatic carbocycles. The van der Waals surface area contributed by atoms with E-state index in [4.69, 9.17) is 5.73 Å². The molecule has 1 aromatic heterocycles. The monoisotopic (exact) mass is 338 g/mol. The minimum atomic E-state index is 0.285. The molecule has 0 radical (unpaired) electrons. The van der Waals surface area contributed by atoms with Crippen molar-refractivity contribution < 1.29 is 0 Å². The largest absolute Gasteiger partial charge is 0.329 e. The molecule has 0 saturated carbocycles. The highest BCUT2D eigenvalue weighted by molar-refractivity contribution is 9.10. The minimum Gasteiger partial charge on any atom is -0.329 e.